The number of benzene rings is 1. The molecule has 1 heterocycles. The van der Waals surface area contributed by atoms with Gasteiger partial charge in [-0.2, -0.15) is 5.10 Å². The molecule has 0 radical (unpaired) electrons. The highest BCUT2D eigenvalue weighted by molar-refractivity contribution is 5.93. The van der Waals surface area contributed by atoms with Gasteiger partial charge in [-0.1, -0.05) is 0 Å². The normalized spacial score (nSPS) is 10.7. The van der Waals surface area contributed by atoms with Crippen LogP contribution >= 0.6 is 0 Å². The Morgan fingerprint density at radius 1 is 1.37 bits per heavy atom. The number of primary amides is 1. The summed E-state index contributed by atoms with van der Waals surface area (Å²) in [5.41, 5.74) is 7.77. The first kappa shape index (κ1) is 13.1. The van der Waals surface area contributed by atoms with Gasteiger partial charge in [0.15, 0.2) is 0 Å². The van der Waals surface area contributed by atoms with E-state index in [-0.39, 0.29) is 0 Å². The Kier molecular flexibility index (Phi) is 3.85. The third-order valence-corrected chi connectivity index (χ3v) is 2.85. The summed E-state index contributed by atoms with van der Waals surface area (Å²) in [6.45, 7) is 4.88. The molecular formula is C14H18N4O. The van der Waals surface area contributed by atoms with Crippen LogP contribution in [0.2, 0.25) is 0 Å². The molecule has 2 rings (SSSR count). The quantitative estimate of drug-likeness (QED) is 0.863. The summed E-state index contributed by atoms with van der Waals surface area (Å²) in [5, 5.41) is 7.55. The molecule has 5 heteroatoms. The largest absolute Gasteiger partial charge is 0.381 e. The molecule has 1 amide bonds. The molecule has 0 spiro atoms. The van der Waals surface area contributed by atoms with Gasteiger partial charge in [0.1, 0.15) is 0 Å². The first-order valence-electron chi connectivity index (χ1n) is 6.23. The Hall–Kier alpha value is -2.30. The summed E-state index contributed by atoms with van der Waals surface area (Å²) in [6, 6.07) is 7.47. The van der Waals surface area contributed by atoms with Crippen LogP contribution in [0.15, 0.2) is 36.7 Å². The Balaban J connectivity index is 1.96. The van der Waals surface area contributed by atoms with Crippen molar-refractivity contribution in [2.75, 3.05) is 5.32 Å². The average Bonchev–Trinajstić information content (AvgIpc) is 2.86. The summed E-state index contributed by atoms with van der Waals surface area (Å²) in [6.07, 6.45) is 3.88. The lowest BCUT2D eigenvalue weighted by Crippen LogP contribution is -2.10. The lowest BCUT2D eigenvalue weighted by Gasteiger charge is -2.06. The van der Waals surface area contributed by atoms with E-state index in [1.165, 1.54) is 0 Å². The molecule has 5 nitrogen and oxygen atoms in total. The minimum Gasteiger partial charge on any atom is -0.381 e. The van der Waals surface area contributed by atoms with Gasteiger partial charge in [-0.3, -0.25) is 9.48 Å². The van der Waals surface area contributed by atoms with E-state index in [0.29, 0.717) is 18.2 Å². The Labute approximate surface area is 112 Å². The second kappa shape index (κ2) is 5.56. The Morgan fingerprint density at radius 3 is 2.58 bits per heavy atom. The van der Waals surface area contributed by atoms with Gasteiger partial charge in [-0.05, 0) is 38.1 Å². The highest BCUT2D eigenvalue weighted by atomic mass is 16.1. The summed E-state index contributed by atoms with van der Waals surface area (Å²) in [7, 11) is 0. The number of hydrogen-bond acceptors (Lipinski definition) is 3. The SMILES string of the molecule is CC(C)n1cc(CNc2ccc(C(N)=O)cc2)cn1. The van der Waals surface area contributed by atoms with Crippen LogP contribution in [0.25, 0.3) is 0 Å². The first-order chi connectivity index (χ1) is 9.06. The number of hydrogen-bond donors (Lipinski definition) is 2. The predicted octanol–water partition coefficient (Wildman–Crippen LogP) is 2.17. The molecular weight excluding hydrogens is 240 g/mol. The Morgan fingerprint density at radius 2 is 2.05 bits per heavy atom. The summed E-state index contributed by atoms with van der Waals surface area (Å²) in [4.78, 5) is 10.9. The van der Waals surface area contributed by atoms with Crippen LogP contribution in [0.1, 0.15) is 35.8 Å². The summed E-state index contributed by atoms with van der Waals surface area (Å²) in [5.74, 6) is -0.412. The lowest BCUT2D eigenvalue weighted by atomic mass is 10.2. The third kappa shape index (κ3) is 3.34. The second-order valence-corrected chi connectivity index (χ2v) is 4.72. The van der Waals surface area contributed by atoms with Crippen LogP contribution in [-0.4, -0.2) is 15.7 Å². The topological polar surface area (TPSA) is 72.9 Å². The zero-order valence-electron chi connectivity index (χ0n) is 11.1. The molecule has 1 aromatic carbocycles. The van der Waals surface area contributed by atoms with Gasteiger partial charge < -0.3 is 11.1 Å². The van der Waals surface area contributed by atoms with Gasteiger partial charge in [0.2, 0.25) is 5.91 Å². The van der Waals surface area contributed by atoms with Crippen molar-refractivity contribution in [2.45, 2.75) is 26.4 Å². The van der Waals surface area contributed by atoms with Gasteiger partial charge in [0.05, 0.1) is 6.20 Å². The molecule has 3 N–H and O–H groups in total. The van der Waals surface area contributed by atoms with E-state index < -0.39 is 5.91 Å². The highest BCUT2D eigenvalue weighted by Crippen LogP contribution is 2.11. The average molecular weight is 258 g/mol. The lowest BCUT2D eigenvalue weighted by molar-refractivity contribution is 0.100. The maximum Gasteiger partial charge on any atom is 0.248 e. The van der Waals surface area contributed by atoms with Crippen LogP contribution in [0.3, 0.4) is 0 Å². The fourth-order valence-electron chi connectivity index (χ4n) is 1.71. The molecule has 0 aliphatic rings. The molecule has 0 unspecified atom stereocenters. The number of carbonyl (C=O) groups is 1. The molecule has 2 aromatic rings. The van der Waals surface area contributed by atoms with Crippen LogP contribution in [0.5, 0.6) is 0 Å². The van der Waals surface area contributed by atoms with Crippen LogP contribution in [-0.2, 0) is 6.54 Å². The number of nitrogens with zero attached hydrogens (tertiary/aromatic N) is 2. The zero-order valence-corrected chi connectivity index (χ0v) is 11.1. The van der Waals surface area contributed by atoms with Crippen LogP contribution in [0.4, 0.5) is 5.69 Å². The molecule has 0 aliphatic heterocycles. The van der Waals surface area contributed by atoms with Gasteiger partial charge in [0.25, 0.3) is 0 Å². The number of nitrogens with one attached hydrogen (secondary N) is 1. The molecule has 0 aliphatic carbocycles. The monoisotopic (exact) mass is 258 g/mol. The van der Waals surface area contributed by atoms with Crippen molar-refractivity contribution in [3.8, 4) is 0 Å². The van der Waals surface area contributed by atoms with Gasteiger partial charge >= 0.3 is 0 Å². The van der Waals surface area contributed by atoms with Crippen molar-refractivity contribution < 1.29 is 4.79 Å². The van der Waals surface area contributed by atoms with Crippen molar-refractivity contribution in [3.63, 3.8) is 0 Å². The van der Waals surface area contributed by atoms with E-state index in [9.17, 15) is 4.79 Å². The first-order valence-corrected chi connectivity index (χ1v) is 6.23. The van der Waals surface area contributed by atoms with Gasteiger partial charge in [0, 0.05) is 35.6 Å². The van der Waals surface area contributed by atoms with Crippen molar-refractivity contribution in [1.29, 1.82) is 0 Å². The smallest absolute Gasteiger partial charge is 0.248 e. The molecule has 0 fully saturated rings. The molecule has 19 heavy (non-hydrogen) atoms. The summed E-state index contributed by atoms with van der Waals surface area (Å²) >= 11 is 0. The molecule has 0 bridgehead atoms. The number of amides is 1. The number of carbonyl (C=O) groups excluding carboxylic acids is 1. The van der Waals surface area contributed by atoms with E-state index in [1.807, 2.05) is 29.2 Å². The van der Waals surface area contributed by atoms with Gasteiger partial charge in [-0.15, -0.1) is 0 Å². The van der Waals surface area contributed by atoms with E-state index in [4.69, 9.17) is 5.73 Å². The van der Waals surface area contributed by atoms with E-state index in [1.54, 1.807) is 12.1 Å². The van der Waals surface area contributed by atoms with Crippen molar-refractivity contribution in [2.24, 2.45) is 5.73 Å². The number of nitrogens with two attached hydrogens (primary N) is 1. The van der Waals surface area contributed by atoms with Crippen LogP contribution < -0.4 is 11.1 Å². The molecule has 1 aromatic heterocycles. The van der Waals surface area contributed by atoms with E-state index >= 15 is 0 Å². The standard InChI is InChI=1S/C14H18N4O/c1-10(2)18-9-11(8-17-18)7-16-13-5-3-12(4-6-13)14(15)19/h3-6,8-10,16H,7H2,1-2H3,(H2,15,19). The number of rotatable bonds is 5. The zero-order chi connectivity index (χ0) is 13.8. The van der Waals surface area contributed by atoms with Crippen LogP contribution in [0, 0.1) is 0 Å². The van der Waals surface area contributed by atoms with Crippen molar-refractivity contribution >= 4 is 11.6 Å². The predicted molar refractivity (Wildman–Crippen MR) is 74.9 cm³/mol. The molecule has 0 atom stereocenters. The minimum absolute atomic E-state index is 0.364. The molecule has 100 valence electrons. The van der Waals surface area contributed by atoms with Gasteiger partial charge in [-0.25, -0.2) is 0 Å². The maximum atomic E-state index is 10.9. The van der Waals surface area contributed by atoms with E-state index in [0.717, 1.165) is 11.3 Å². The minimum atomic E-state index is -0.412. The number of anilines is 1. The number of aromatic nitrogens is 2. The third-order valence-electron chi connectivity index (χ3n) is 2.85. The molecule has 0 saturated carbocycles. The molecule has 0 saturated heterocycles. The fourth-order valence-corrected chi connectivity index (χ4v) is 1.71. The summed E-state index contributed by atoms with van der Waals surface area (Å²) < 4.78 is 1.92. The Bertz CT molecular complexity index is 557. The van der Waals surface area contributed by atoms with Crippen molar-refractivity contribution in [3.05, 3.63) is 47.8 Å². The second-order valence-electron chi connectivity index (χ2n) is 4.72. The van der Waals surface area contributed by atoms with E-state index in [2.05, 4.69) is 24.3 Å². The highest BCUT2D eigenvalue weighted by Gasteiger charge is 2.02. The maximum absolute atomic E-state index is 10.9. The van der Waals surface area contributed by atoms with Crippen molar-refractivity contribution in [1.82, 2.24) is 9.78 Å². The fraction of sp³-hybridized carbons (Fsp3) is 0.286.